The molecule has 0 aliphatic heterocycles. The second-order valence-corrected chi connectivity index (χ2v) is 5.29. The van der Waals surface area contributed by atoms with Crippen LogP contribution >= 0.6 is 11.3 Å². The second kappa shape index (κ2) is 3.89. The Morgan fingerprint density at radius 2 is 2.07 bits per heavy atom. The topological polar surface area (TPSA) is 25.8 Å². The normalized spacial score (nSPS) is 18.4. The predicted octanol–water partition coefficient (Wildman–Crippen LogP) is 3.74. The lowest BCUT2D eigenvalue weighted by atomic mass is 9.90. The summed E-state index contributed by atoms with van der Waals surface area (Å²) in [6.45, 7) is 0. The third-order valence-electron chi connectivity index (χ3n) is 3.16. The van der Waals surface area contributed by atoms with Gasteiger partial charge in [0.25, 0.3) is 0 Å². The van der Waals surface area contributed by atoms with E-state index in [1.807, 2.05) is 29.8 Å². The van der Waals surface area contributed by atoms with Crippen molar-refractivity contribution in [2.45, 2.75) is 38.0 Å². The SMILES string of the molecule is c1cc2nc(C3CCCCC3)sc2cn1. The standard InChI is InChI=1S/C12H14N2S/c1-2-4-9(5-3-1)12-14-10-6-7-13-8-11(10)15-12/h6-9H,1-5H2. The van der Waals surface area contributed by atoms with E-state index in [4.69, 9.17) is 4.98 Å². The highest BCUT2D eigenvalue weighted by Gasteiger charge is 2.18. The maximum atomic E-state index is 4.71. The molecular weight excluding hydrogens is 204 g/mol. The summed E-state index contributed by atoms with van der Waals surface area (Å²) in [5.74, 6) is 0.719. The Labute approximate surface area is 93.4 Å². The van der Waals surface area contributed by atoms with Crippen molar-refractivity contribution in [3.8, 4) is 0 Å². The molecule has 1 saturated carbocycles. The van der Waals surface area contributed by atoms with E-state index in [-0.39, 0.29) is 0 Å². The molecule has 0 amide bonds. The van der Waals surface area contributed by atoms with E-state index in [9.17, 15) is 0 Å². The molecule has 3 heteroatoms. The van der Waals surface area contributed by atoms with Crippen LogP contribution in [0.25, 0.3) is 10.2 Å². The van der Waals surface area contributed by atoms with Crippen LogP contribution in [0.15, 0.2) is 18.5 Å². The molecule has 1 aliphatic rings. The Balaban J connectivity index is 1.96. The Morgan fingerprint density at radius 1 is 1.20 bits per heavy atom. The Morgan fingerprint density at radius 3 is 2.87 bits per heavy atom. The minimum Gasteiger partial charge on any atom is -0.263 e. The molecular formula is C12H14N2S. The van der Waals surface area contributed by atoms with E-state index < -0.39 is 0 Å². The van der Waals surface area contributed by atoms with Gasteiger partial charge in [-0.1, -0.05) is 19.3 Å². The van der Waals surface area contributed by atoms with Crippen LogP contribution < -0.4 is 0 Å². The largest absolute Gasteiger partial charge is 0.263 e. The molecule has 0 aromatic carbocycles. The van der Waals surface area contributed by atoms with Gasteiger partial charge in [-0.05, 0) is 18.9 Å². The number of thiazole rings is 1. The third-order valence-corrected chi connectivity index (χ3v) is 4.33. The molecule has 2 heterocycles. The molecule has 1 aliphatic carbocycles. The highest BCUT2D eigenvalue weighted by Crippen LogP contribution is 2.36. The van der Waals surface area contributed by atoms with Crippen LogP contribution in [0, 0.1) is 0 Å². The number of nitrogens with zero attached hydrogens (tertiary/aromatic N) is 2. The highest BCUT2D eigenvalue weighted by molar-refractivity contribution is 7.18. The molecule has 3 rings (SSSR count). The summed E-state index contributed by atoms with van der Waals surface area (Å²) in [5.41, 5.74) is 1.12. The van der Waals surface area contributed by atoms with Crippen LogP contribution in [0.4, 0.5) is 0 Å². The van der Waals surface area contributed by atoms with Crippen molar-refractivity contribution >= 4 is 21.6 Å². The highest BCUT2D eigenvalue weighted by atomic mass is 32.1. The van der Waals surface area contributed by atoms with E-state index in [0.29, 0.717) is 0 Å². The van der Waals surface area contributed by atoms with E-state index in [0.717, 1.165) is 11.4 Å². The Kier molecular flexibility index (Phi) is 2.41. The van der Waals surface area contributed by atoms with Gasteiger partial charge >= 0.3 is 0 Å². The molecule has 2 nitrogen and oxygen atoms in total. The van der Waals surface area contributed by atoms with Crippen molar-refractivity contribution < 1.29 is 0 Å². The first-order valence-electron chi connectivity index (χ1n) is 5.64. The van der Waals surface area contributed by atoms with Crippen LogP contribution in [0.1, 0.15) is 43.0 Å². The summed E-state index contributed by atoms with van der Waals surface area (Å²) >= 11 is 1.83. The molecule has 2 aromatic rings. The number of fused-ring (bicyclic) bond motifs is 1. The fourth-order valence-corrected chi connectivity index (χ4v) is 3.43. The van der Waals surface area contributed by atoms with E-state index in [1.165, 1.54) is 41.8 Å². The van der Waals surface area contributed by atoms with Crippen molar-refractivity contribution in [2.75, 3.05) is 0 Å². The molecule has 15 heavy (non-hydrogen) atoms. The van der Waals surface area contributed by atoms with Gasteiger partial charge in [-0.25, -0.2) is 4.98 Å². The molecule has 0 saturated heterocycles. The third kappa shape index (κ3) is 1.76. The van der Waals surface area contributed by atoms with E-state index >= 15 is 0 Å². The van der Waals surface area contributed by atoms with Gasteiger partial charge in [-0.15, -0.1) is 11.3 Å². The zero-order valence-corrected chi connectivity index (χ0v) is 9.46. The van der Waals surface area contributed by atoms with E-state index in [2.05, 4.69) is 4.98 Å². The number of hydrogen-bond acceptors (Lipinski definition) is 3. The van der Waals surface area contributed by atoms with Crippen LogP contribution in [-0.4, -0.2) is 9.97 Å². The summed E-state index contributed by atoms with van der Waals surface area (Å²) in [5, 5.41) is 1.33. The van der Waals surface area contributed by atoms with Crippen LogP contribution in [0.3, 0.4) is 0 Å². The summed E-state index contributed by atoms with van der Waals surface area (Å²) in [4.78, 5) is 8.86. The second-order valence-electron chi connectivity index (χ2n) is 4.23. The minimum atomic E-state index is 0.719. The summed E-state index contributed by atoms with van der Waals surface area (Å²) in [6, 6.07) is 2.01. The van der Waals surface area contributed by atoms with Gasteiger partial charge < -0.3 is 0 Å². The van der Waals surface area contributed by atoms with Crippen LogP contribution in [0.2, 0.25) is 0 Å². The number of hydrogen-bond donors (Lipinski definition) is 0. The first-order valence-corrected chi connectivity index (χ1v) is 6.45. The van der Waals surface area contributed by atoms with Gasteiger partial charge in [0.2, 0.25) is 0 Å². The van der Waals surface area contributed by atoms with Gasteiger partial charge in [0, 0.05) is 18.3 Å². The molecule has 1 fully saturated rings. The minimum absolute atomic E-state index is 0.719. The zero-order valence-electron chi connectivity index (χ0n) is 8.65. The molecule has 0 unspecified atom stereocenters. The maximum absolute atomic E-state index is 4.71. The van der Waals surface area contributed by atoms with Gasteiger partial charge in [-0.3, -0.25) is 4.98 Å². The summed E-state index contributed by atoms with van der Waals surface area (Å²) in [6.07, 6.45) is 10.6. The molecule has 0 bridgehead atoms. The van der Waals surface area contributed by atoms with Crippen molar-refractivity contribution in [1.29, 1.82) is 0 Å². The van der Waals surface area contributed by atoms with Crippen molar-refractivity contribution in [3.05, 3.63) is 23.5 Å². The lowest BCUT2D eigenvalue weighted by Crippen LogP contribution is -2.03. The van der Waals surface area contributed by atoms with E-state index in [1.54, 1.807) is 0 Å². The van der Waals surface area contributed by atoms with Gasteiger partial charge in [-0.2, -0.15) is 0 Å². The number of aromatic nitrogens is 2. The zero-order chi connectivity index (χ0) is 10.1. The molecule has 0 N–H and O–H groups in total. The number of rotatable bonds is 1. The predicted molar refractivity (Wildman–Crippen MR) is 63.2 cm³/mol. The Bertz CT molecular complexity index is 424. The van der Waals surface area contributed by atoms with Gasteiger partial charge in [0.05, 0.1) is 15.2 Å². The van der Waals surface area contributed by atoms with Crippen molar-refractivity contribution in [3.63, 3.8) is 0 Å². The average molecular weight is 218 g/mol. The fourth-order valence-electron chi connectivity index (χ4n) is 2.32. The smallest absolute Gasteiger partial charge is 0.0970 e. The fraction of sp³-hybridized carbons (Fsp3) is 0.500. The van der Waals surface area contributed by atoms with Crippen LogP contribution in [-0.2, 0) is 0 Å². The Hall–Kier alpha value is -0.960. The molecule has 0 atom stereocenters. The first-order chi connectivity index (χ1) is 7.43. The molecule has 2 aromatic heterocycles. The van der Waals surface area contributed by atoms with Crippen LogP contribution in [0.5, 0.6) is 0 Å². The average Bonchev–Trinajstić information content (AvgIpc) is 2.74. The lowest BCUT2D eigenvalue weighted by molar-refractivity contribution is 0.443. The monoisotopic (exact) mass is 218 g/mol. The van der Waals surface area contributed by atoms with Gasteiger partial charge in [0.15, 0.2) is 0 Å². The summed E-state index contributed by atoms with van der Waals surface area (Å²) in [7, 11) is 0. The lowest BCUT2D eigenvalue weighted by Gasteiger charge is -2.18. The van der Waals surface area contributed by atoms with Gasteiger partial charge in [0.1, 0.15) is 0 Å². The summed E-state index contributed by atoms with van der Waals surface area (Å²) < 4.78 is 1.23. The quantitative estimate of drug-likeness (QED) is 0.728. The molecule has 0 radical (unpaired) electrons. The van der Waals surface area contributed by atoms with Crippen molar-refractivity contribution in [1.82, 2.24) is 9.97 Å². The molecule has 0 spiro atoms. The molecule has 78 valence electrons. The first kappa shape index (κ1) is 9.28. The van der Waals surface area contributed by atoms with Crippen molar-refractivity contribution in [2.24, 2.45) is 0 Å². The maximum Gasteiger partial charge on any atom is 0.0970 e. The number of pyridine rings is 1.